The predicted molar refractivity (Wildman–Crippen MR) is 127 cm³/mol. The molecule has 33 heavy (non-hydrogen) atoms. The maximum Gasteiger partial charge on any atom is 0.294 e. The Morgan fingerprint density at radius 1 is 1.03 bits per heavy atom. The zero-order chi connectivity index (χ0) is 22.9. The molecule has 7 nitrogen and oxygen atoms in total. The number of aromatic nitrogens is 3. The Labute approximate surface area is 193 Å². The number of para-hydroxylation sites is 1. The van der Waals surface area contributed by atoms with Crippen molar-refractivity contribution in [2.24, 2.45) is 0 Å². The first-order valence-corrected chi connectivity index (χ1v) is 11.5. The summed E-state index contributed by atoms with van der Waals surface area (Å²) in [6, 6.07) is 16.0. The van der Waals surface area contributed by atoms with Crippen LogP contribution in [0.3, 0.4) is 0 Å². The van der Waals surface area contributed by atoms with Gasteiger partial charge in [0.2, 0.25) is 5.91 Å². The van der Waals surface area contributed by atoms with Gasteiger partial charge < -0.3 is 9.80 Å². The molecule has 0 saturated carbocycles. The minimum absolute atomic E-state index is 0.159. The van der Waals surface area contributed by atoms with Gasteiger partial charge in [-0.2, -0.15) is 5.10 Å². The fourth-order valence-corrected chi connectivity index (χ4v) is 4.97. The highest BCUT2D eigenvalue weighted by molar-refractivity contribution is 7.19. The highest BCUT2D eigenvalue weighted by Crippen LogP contribution is 2.29. The van der Waals surface area contributed by atoms with Gasteiger partial charge in [0.15, 0.2) is 5.52 Å². The van der Waals surface area contributed by atoms with Crippen molar-refractivity contribution in [1.82, 2.24) is 19.7 Å². The van der Waals surface area contributed by atoms with E-state index in [2.05, 4.69) is 27.1 Å². The van der Waals surface area contributed by atoms with Crippen LogP contribution in [0.15, 0.2) is 59.4 Å². The van der Waals surface area contributed by atoms with E-state index in [-0.39, 0.29) is 23.8 Å². The number of anilines is 1. The zero-order valence-corrected chi connectivity index (χ0v) is 18.9. The number of piperazine rings is 1. The van der Waals surface area contributed by atoms with Crippen LogP contribution in [0.25, 0.3) is 21.5 Å². The largest absolute Gasteiger partial charge is 0.368 e. The first kappa shape index (κ1) is 21.3. The van der Waals surface area contributed by atoms with Gasteiger partial charge in [0, 0.05) is 37.4 Å². The van der Waals surface area contributed by atoms with Crippen LogP contribution in [0, 0.1) is 12.7 Å². The molecule has 0 atom stereocenters. The smallest absolute Gasteiger partial charge is 0.294 e. The van der Waals surface area contributed by atoms with Gasteiger partial charge in [-0.15, -0.1) is 11.3 Å². The first-order chi connectivity index (χ1) is 16.0. The normalized spacial score (nSPS) is 14.1. The van der Waals surface area contributed by atoms with Crippen molar-refractivity contribution in [3.05, 3.63) is 75.8 Å². The number of carbonyl (C=O) groups excluding carboxylic acids is 1. The molecule has 1 aliphatic heterocycles. The molecule has 1 amide bonds. The van der Waals surface area contributed by atoms with Crippen LogP contribution in [-0.2, 0) is 11.3 Å². The van der Waals surface area contributed by atoms with Gasteiger partial charge in [0.05, 0.1) is 9.71 Å². The zero-order valence-electron chi connectivity index (χ0n) is 18.1. The Kier molecular flexibility index (Phi) is 5.63. The summed E-state index contributed by atoms with van der Waals surface area (Å²) in [5, 5.41) is 5.24. The quantitative estimate of drug-likeness (QED) is 0.464. The number of carbonyl (C=O) groups is 1. The second-order valence-corrected chi connectivity index (χ2v) is 9.14. The summed E-state index contributed by atoms with van der Waals surface area (Å²) in [6.45, 7) is 4.26. The Morgan fingerprint density at radius 2 is 1.73 bits per heavy atom. The molecule has 0 N–H and O–H groups in total. The molecule has 3 heterocycles. The average molecular weight is 464 g/mol. The molecule has 1 aliphatic rings. The van der Waals surface area contributed by atoms with Crippen molar-refractivity contribution in [3.63, 3.8) is 0 Å². The van der Waals surface area contributed by atoms with E-state index in [1.165, 1.54) is 28.2 Å². The Hall–Kier alpha value is -3.59. The lowest BCUT2D eigenvalue weighted by atomic mass is 10.1. The number of halogens is 1. The summed E-state index contributed by atoms with van der Waals surface area (Å²) >= 11 is 1.36. The van der Waals surface area contributed by atoms with Crippen molar-refractivity contribution in [1.29, 1.82) is 0 Å². The van der Waals surface area contributed by atoms with E-state index in [1.54, 1.807) is 17.0 Å². The molecule has 0 bridgehead atoms. The minimum atomic E-state index is -0.392. The summed E-state index contributed by atoms with van der Waals surface area (Å²) < 4.78 is 15.3. The Balaban J connectivity index is 1.40. The maximum absolute atomic E-state index is 13.4. The number of aryl methyl sites for hydroxylation is 1. The topological polar surface area (TPSA) is 71.3 Å². The van der Waals surface area contributed by atoms with Gasteiger partial charge in [-0.25, -0.2) is 14.1 Å². The number of benzene rings is 2. The van der Waals surface area contributed by atoms with Crippen molar-refractivity contribution in [2.75, 3.05) is 31.1 Å². The summed E-state index contributed by atoms with van der Waals surface area (Å²) in [7, 11) is 0. The van der Waals surface area contributed by atoms with Gasteiger partial charge >= 0.3 is 0 Å². The molecule has 4 aromatic rings. The molecule has 5 rings (SSSR count). The molecule has 0 unspecified atom stereocenters. The highest BCUT2D eigenvalue weighted by Gasteiger charge is 2.24. The Morgan fingerprint density at radius 3 is 2.42 bits per heavy atom. The van der Waals surface area contributed by atoms with Crippen LogP contribution in [0.5, 0.6) is 0 Å². The lowest BCUT2D eigenvalue weighted by Crippen LogP contribution is -2.50. The van der Waals surface area contributed by atoms with Crippen LogP contribution < -0.4 is 10.5 Å². The van der Waals surface area contributed by atoms with Crippen LogP contribution in [-0.4, -0.2) is 51.8 Å². The van der Waals surface area contributed by atoms with Crippen molar-refractivity contribution in [2.45, 2.75) is 13.5 Å². The van der Waals surface area contributed by atoms with E-state index in [9.17, 15) is 14.0 Å². The molecule has 0 aliphatic carbocycles. The number of nitrogens with zero attached hydrogens (tertiary/aromatic N) is 5. The van der Waals surface area contributed by atoms with Gasteiger partial charge in [-0.3, -0.25) is 9.59 Å². The molecular weight excluding hydrogens is 441 g/mol. The number of amides is 1. The second-order valence-electron chi connectivity index (χ2n) is 7.93. The van der Waals surface area contributed by atoms with E-state index < -0.39 is 5.56 Å². The number of hydrogen-bond acceptors (Lipinski definition) is 6. The third-order valence-corrected chi connectivity index (χ3v) is 6.74. The van der Waals surface area contributed by atoms with Crippen molar-refractivity contribution >= 4 is 33.1 Å². The van der Waals surface area contributed by atoms with E-state index in [0.29, 0.717) is 29.0 Å². The molecule has 1 fully saturated rings. The summed E-state index contributed by atoms with van der Waals surface area (Å²) in [5.74, 6) is -0.512. The predicted octanol–water partition coefficient (Wildman–Crippen LogP) is 3.32. The number of rotatable bonds is 4. The number of fused-ring (bicyclic) bond motifs is 1. The SMILES string of the molecule is Cc1nc2c(=O)n(CC(=O)N3CCN(c4ccccc4)CC3)nc(-c3ccc(F)cc3)c2s1. The average Bonchev–Trinajstić information content (AvgIpc) is 3.24. The number of thiazole rings is 1. The summed E-state index contributed by atoms with van der Waals surface area (Å²) in [6.07, 6.45) is 0. The number of hydrogen-bond donors (Lipinski definition) is 0. The fourth-order valence-electron chi connectivity index (χ4n) is 4.05. The third kappa shape index (κ3) is 4.23. The molecule has 1 saturated heterocycles. The van der Waals surface area contributed by atoms with Gasteiger partial charge in [0.1, 0.15) is 18.1 Å². The molecule has 0 radical (unpaired) electrons. The molecule has 9 heteroatoms. The molecule has 168 valence electrons. The lowest BCUT2D eigenvalue weighted by Gasteiger charge is -2.36. The van der Waals surface area contributed by atoms with Crippen LogP contribution in [0.4, 0.5) is 10.1 Å². The van der Waals surface area contributed by atoms with E-state index >= 15 is 0 Å². The second kappa shape index (κ2) is 8.74. The summed E-state index contributed by atoms with van der Waals surface area (Å²) in [4.78, 5) is 34.5. The van der Waals surface area contributed by atoms with Gasteiger partial charge in [-0.05, 0) is 43.3 Å². The Bertz CT molecular complexity index is 1360. The first-order valence-electron chi connectivity index (χ1n) is 10.7. The van der Waals surface area contributed by atoms with Crippen molar-refractivity contribution in [3.8, 4) is 11.3 Å². The molecule has 2 aromatic carbocycles. The van der Waals surface area contributed by atoms with E-state index in [0.717, 1.165) is 23.8 Å². The van der Waals surface area contributed by atoms with Crippen LogP contribution >= 0.6 is 11.3 Å². The van der Waals surface area contributed by atoms with Gasteiger partial charge in [-0.1, -0.05) is 18.2 Å². The van der Waals surface area contributed by atoms with Crippen LogP contribution in [0.2, 0.25) is 0 Å². The standard InChI is InChI=1S/C24H22FN5O2S/c1-16-26-22-23(33-16)21(17-7-9-18(25)10-8-17)27-30(24(22)32)15-20(31)29-13-11-28(12-14-29)19-5-3-2-4-6-19/h2-10H,11-15H2,1H3. The van der Waals surface area contributed by atoms with Gasteiger partial charge in [0.25, 0.3) is 5.56 Å². The lowest BCUT2D eigenvalue weighted by molar-refractivity contribution is -0.132. The molecular formula is C24H22FN5O2S. The third-order valence-electron chi connectivity index (χ3n) is 5.76. The summed E-state index contributed by atoms with van der Waals surface area (Å²) in [5.41, 5.74) is 2.22. The highest BCUT2D eigenvalue weighted by atomic mass is 32.1. The van der Waals surface area contributed by atoms with E-state index in [1.807, 2.05) is 25.1 Å². The maximum atomic E-state index is 13.4. The minimum Gasteiger partial charge on any atom is -0.368 e. The fraction of sp³-hybridized carbons (Fsp3) is 0.250. The van der Waals surface area contributed by atoms with Crippen LogP contribution in [0.1, 0.15) is 5.01 Å². The molecule has 2 aromatic heterocycles. The van der Waals surface area contributed by atoms with E-state index in [4.69, 9.17) is 0 Å². The monoisotopic (exact) mass is 463 g/mol. The van der Waals surface area contributed by atoms with Crippen molar-refractivity contribution < 1.29 is 9.18 Å². The molecule has 0 spiro atoms.